The zero-order valence-electron chi connectivity index (χ0n) is 15.9. The molecule has 4 rings (SSSR count). The summed E-state index contributed by atoms with van der Waals surface area (Å²) in [6.07, 6.45) is 5.72. The molecule has 2 heterocycles. The van der Waals surface area contributed by atoms with Gasteiger partial charge in [-0.15, -0.1) is 0 Å². The zero-order valence-corrected chi connectivity index (χ0v) is 15.9. The number of urea groups is 1. The Bertz CT molecular complexity index is 933. The number of hydrogen-bond acceptors (Lipinski definition) is 4. The van der Waals surface area contributed by atoms with Crippen LogP contribution in [0.5, 0.6) is 0 Å². The Morgan fingerprint density at radius 2 is 1.86 bits per heavy atom. The maximum absolute atomic E-state index is 12.8. The number of amides is 3. The SMILES string of the molecule is Cc1cc(C(=O)CN2C(=O)NC3(CCCCC3)C2=O)cnc1-c1ccccc1. The van der Waals surface area contributed by atoms with E-state index in [0.29, 0.717) is 18.4 Å². The van der Waals surface area contributed by atoms with Crippen molar-refractivity contribution in [3.63, 3.8) is 0 Å². The lowest BCUT2D eigenvalue weighted by atomic mass is 9.82. The average molecular weight is 377 g/mol. The van der Waals surface area contributed by atoms with E-state index in [-0.39, 0.29) is 18.2 Å². The second kappa shape index (κ2) is 7.19. The number of nitrogens with zero attached hydrogens (tertiary/aromatic N) is 2. The summed E-state index contributed by atoms with van der Waals surface area (Å²) >= 11 is 0. The molecule has 1 aliphatic heterocycles. The lowest BCUT2D eigenvalue weighted by Crippen LogP contribution is -2.48. The predicted molar refractivity (Wildman–Crippen MR) is 105 cm³/mol. The molecular weight excluding hydrogens is 354 g/mol. The van der Waals surface area contributed by atoms with Crippen molar-refractivity contribution < 1.29 is 14.4 Å². The largest absolute Gasteiger partial charge is 0.325 e. The molecule has 144 valence electrons. The number of Topliss-reactive ketones (excluding diaryl/α,β-unsaturated/α-hetero) is 1. The van der Waals surface area contributed by atoms with Gasteiger partial charge < -0.3 is 5.32 Å². The molecule has 2 aliphatic rings. The van der Waals surface area contributed by atoms with Crippen LogP contribution < -0.4 is 5.32 Å². The number of benzene rings is 1. The molecule has 0 atom stereocenters. The number of imide groups is 1. The number of pyridine rings is 1. The van der Waals surface area contributed by atoms with E-state index >= 15 is 0 Å². The highest BCUT2D eigenvalue weighted by Crippen LogP contribution is 2.33. The van der Waals surface area contributed by atoms with Crippen molar-refractivity contribution in [3.05, 3.63) is 53.7 Å². The number of aromatic nitrogens is 1. The molecule has 0 bridgehead atoms. The molecule has 1 aromatic carbocycles. The maximum Gasteiger partial charge on any atom is 0.325 e. The Balaban J connectivity index is 1.52. The Labute approximate surface area is 164 Å². The van der Waals surface area contributed by atoms with Gasteiger partial charge in [-0.3, -0.25) is 19.5 Å². The monoisotopic (exact) mass is 377 g/mol. The molecular formula is C22H23N3O3. The van der Waals surface area contributed by atoms with Crippen LogP contribution in [-0.4, -0.2) is 39.7 Å². The molecule has 0 radical (unpaired) electrons. The van der Waals surface area contributed by atoms with Gasteiger partial charge in [0.25, 0.3) is 5.91 Å². The highest BCUT2D eigenvalue weighted by atomic mass is 16.2. The minimum Gasteiger partial charge on any atom is -0.323 e. The molecule has 1 saturated carbocycles. The van der Waals surface area contributed by atoms with Crippen LogP contribution in [0.25, 0.3) is 11.3 Å². The summed E-state index contributed by atoms with van der Waals surface area (Å²) in [5.74, 6) is -0.553. The first-order chi connectivity index (χ1) is 13.5. The average Bonchev–Trinajstić information content (AvgIpc) is 2.93. The van der Waals surface area contributed by atoms with Gasteiger partial charge >= 0.3 is 6.03 Å². The smallest absolute Gasteiger partial charge is 0.323 e. The quantitative estimate of drug-likeness (QED) is 0.653. The van der Waals surface area contributed by atoms with Gasteiger partial charge in [0.2, 0.25) is 0 Å². The molecule has 6 heteroatoms. The Hall–Kier alpha value is -3.02. The van der Waals surface area contributed by atoms with Crippen LogP contribution in [-0.2, 0) is 4.79 Å². The number of ketones is 1. The highest BCUT2D eigenvalue weighted by Gasteiger charge is 2.51. The van der Waals surface area contributed by atoms with Gasteiger partial charge in [0.15, 0.2) is 5.78 Å². The van der Waals surface area contributed by atoms with E-state index in [1.807, 2.05) is 37.3 Å². The molecule has 1 spiro atoms. The molecule has 2 fully saturated rings. The fourth-order valence-electron chi connectivity index (χ4n) is 4.17. The molecule has 0 unspecified atom stereocenters. The molecule has 6 nitrogen and oxygen atoms in total. The predicted octanol–water partition coefficient (Wildman–Crippen LogP) is 3.49. The van der Waals surface area contributed by atoms with Crippen LogP contribution >= 0.6 is 0 Å². The number of carbonyl (C=O) groups excluding carboxylic acids is 3. The van der Waals surface area contributed by atoms with Crippen LogP contribution in [0.15, 0.2) is 42.6 Å². The standard InChI is InChI=1S/C22H23N3O3/c1-15-12-17(13-23-19(15)16-8-4-2-5-9-16)18(26)14-25-20(27)22(24-21(25)28)10-6-3-7-11-22/h2,4-5,8-9,12-13H,3,6-7,10-11,14H2,1H3,(H,24,28). The Morgan fingerprint density at radius 3 is 2.54 bits per heavy atom. The normalized spacial score (nSPS) is 18.4. The Kier molecular flexibility index (Phi) is 4.71. The van der Waals surface area contributed by atoms with E-state index in [4.69, 9.17) is 0 Å². The summed E-state index contributed by atoms with van der Waals surface area (Å²) in [6.45, 7) is 1.65. The lowest BCUT2D eigenvalue weighted by Gasteiger charge is -2.30. The maximum atomic E-state index is 12.8. The summed E-state index contributed by atoms with van der Waals surface area (Å²) in [7, 11) is 0. The van der Waals surface area contributed by atoms with Crippen molar-refractivity contribution in [2.45, 2.75) is 44.6 Å². The van der Waals surface area contributed by atoms with E-state index in [1.54, 1.807) is 6.07 Å². The summed E-state index contributed by atoms with van der Waals surface area (Å²) in [5, 5.41) is 2.84. The molecule has 1 N–H and O–H groups in total. The second-order valence-corrected chi connectivity index (χ2v) is 7.64. The van der Waals surface area contributed by atoms with Crippen molar-refractivity contribution in [2.75, 3.05) is 6.54 Å². The van der Waals surface area contributed by atoms with Crippen LogP contribution in [0, 0.1) is 6.92 Å². The van der Waals surface area contributed by atoms with Gasteiger partial charge in [-0.05, 0) is 31.4 Å². The third kappa shape index (κ3) is 3.19. The van der Waals surface area contributed by atoms with E-state index in [1.165, 1.54) is 6.20 Å². The summed E-state index contributed by atoms with van der Waals surface area (Å²) in [6, 6.07) is 11.1. The fraction of sp³-hybridized carbons (Fsp3) is 0.364. The number of carbonyl (C=O) groups is 3. The van der Waals surface area contributed by atoms with E-state index < -0.39 is 11.6 Å². The third-order valence-electron chi connectivity index (χ3n) is 5.70. The fourth-order valence-corrected chi connectivity index (χ4v) is 4.17. The minimum atomic E-state index is -0.805. The molecule has 3 amide bonds. The number of nitrogens with one attached hydrogen (secondary N) is 1. The zero-order chi connectivity index (χ0) is 19.7. The first-order valence-corrected chi connectivity index (χ1v) is 9.69. The van der Waals surface area contributed by atoms with Crippen molar-refractivity contribution in [1.82, 2.24) is 15.2 Å². The second-order valence-electron chi connectivity index (χ2n) is 7.64. The molecule has 1 aliphatic carbocycles. The lowest BCUT2D eigenvalue weighted by molar-refractivity contribution is -0.132. The number of hydrogen-bond donors (Lipinski definition) is 1. The first-order valence-electron chi connectivity index (χ1n) is 9.69. The topological polar surface area (TPSA) is 79.4 Å². The first kappa shape index (κ1) is 18.3. The Morgan fingerprint density at radius 1 is 1.14 bits per heavy atom. The van der Waals surface area contributed by atoms with Gasteiger partial charge in [0.1, 0.15) is 5.54 Å². The van der Waals surface area contributed by atoms with Crippen molar-refractivity contribution in [1.29, 1.82) is 0 Å². The molecule has 1 saturated heterocycles. The van der Waals surface area contributed by atoms with Gasteiger partial charge in [-0.1, -0.05) is 49.6 Å². The number of rotatable bonds is 4. The van der Waals surface area contributed by atoms with Crippen LogP contribution in [0.4, 0.5) is 4.79 Å². The third-order valence-corrected chi connectivity index (χ3v) is 5.70. The number of aryl methyl sites for hydroxylation is 1. The molecule has 28 heavy (non-hydrogen) atoms. The van der Waals surface area contributed by atoms with Crippen LogP contribution in [0.1, 0.15) is 48.0 Å². The van der Waals surface area contributed by atoms with Crippen molar-refractivity contribution >= 4 is 17.7 Å². The van der Waals surface area contributed by atoms with Gasteiger partial charge in [0.05, 0.1) is 12.2 Å². The van der Waals surface area contributed by atoms with Crippen molar-refractivity contribution in [2.24, 2.45) is 0 Å². The van der Waals surface area contributed by atoms with Gasteiger partial charge in [-0.2, -0.15) is 0 Å². The van der Waals surface area contributed by atoms with E-state index in [2.05, 4.69) is 10.3 Å². The van der Waals surface area contributed by atoms with E-state index in [9.17, 15) is 14.4 Å². The molecule has 1 aromatic heterocycles. The van der Waals surface area contributed by atoms with Gasteiger partial charge in [0, 0.05) is 17.3 Å². The minimum absolute atomic E-state index is 0.252. The summed E-state index contributed by atoms with van der Waals surface area (Å²) < 4.78 is 0. The van der Waals surface area contributed by atoms with Crippen LogP contribution in [0.3, 0.4) is 0 Å². The summed E-state index contributed by atoms with van der Waals surface area (Å²) in [5.41, 5.74) is 2.27. The van der Waals surface area contributed by atoms with Crippen molar-refractivity contribution in [3.8, 4) is 11.3 Å². The van der Waals surface area contributed by atoms with Crippen LogP contribution in [0.2, 0.25) is 0 Å². The van der Waals surface area contributed by atoms with E-state index in [0.717, 1.165) is 41.0 Å². The summed E-state index contributed by atoms with van der Waals surface area (Å²) in [4.78, 5) is 43.5. The highest BCUT2D eigenvalue weighted by molar-refractivity contribution is 6.11. The molecule has 2 aromatic rings. The van der Waals surface area contributed by atoms with Gasteiger partial charge in [-0.25, -0.2) is 4.79 Å².